The van der Waals surface area contributed by atoms with E-state index in [1.165, 1.54) is 93.4 Å². The molecule has 11 rings (SSSR count). The molecule has 0 radical (unpaired) electrons. The molecule has 8 aromatic carbocycles. The molecule has 0 saturated heterocycles. The number of nitrogens with zero attached hydrogens (tertiary/aromatic N) is 3. The number of aromatic nitrogens is 3. The van der Waals surface area contributed by atoms with Crippen molar-refractivity contribution in [3.05, 3.63) is 187 Å². The van der Waals surface area contributed by atoms with Crippen molar-refractivity contribution in [2.24, 2.45) is 0 Å². The highest BCUT2D eigenvalue weighted by molar-refractivity contribution is 6.12. The fourth-order valence-electron chi connectivity index (χ4n) is 8.73. The van der Waals surface area contributed by atoms with E-state index in [0.29, 0.717) is 0 Å². The lowest BCUT2D eigenvalue weighted by Gasteiger charge is -2.13. The Labute approximate surface area is 307 Å². The fraction of sp³-hybridized carbons (Fsp3) is 0.0400. The molecule has 3 aromatic heterocycles. The van der Waals surface area contributed by atoms with E-state index >= 15 is 0 Å². The van der Waals surface area contributed by atoms with Crippen LogP contribution >= 0.6 is 0 Å². The molecule has 0 N–H and O–H groups in total. The van der Waals surface area contributed by atoms with E-state index in [9.17, 15) is 0 Å². The highest BCUT2D eigenvalue weighted by Crippen LogP contribution is 2.38. The highest BCUT2D eigenvalue weighted by atomic mass is 15.0. The minimum Gasteiger partial charge on any atom is -0.309 e. The molecule has 11 aromatic rings. The lowest BCUT2D eigenvalue weighted by Crippen LogP contribution is -1.98. The van der Waals surface area contributed by atoms with Gasteiger partial charge in [-0.25, -0.2) is 0 Å². The summed E-state index contributed by atoms with van der Waals surface area (Å²) in [5.74, 6) is 0. The molecule has 0 amide bonds. The van der Waals surface area contributed by atoms with Crippen molar-refractivity contribution in [3.63, 3.8) is 0 Å². The largest absolute Gasteiger partial charge is 0.309 e. The van der Waals surface area contributed by atoms with E-state index < -0.39 is 0 Å². The second-order valence-electron chi connectivity index (χ2n) is 14.4. The first kappa shape index (κ1) is 29.8. The van der Waals surface area contributed by atoms with Crippen LogP contribution in [0.15, 0.2) is 176 Å². The summed E-state index contributed by atoms with van der Waals surface area (Å²) in [4.78, 5) is 0. The summed E-state index contributed by atoms with van der Waals surface area (Å²) >= 11 is 0. The Bertz CT molecular complexity index is 3130. The van der Waals surface area contributed by atoms with Crippen LogP contribution in [0.1, 0.15) is 11.1 Å². The average molecular weight is 678 g/mol. The van der Waals surface area contributed by atoms with Gasteiger partial charge in [0.15, 0.2) is 0 Å². The molecule has 0 atom stereocenters. The molecule has 0 spiro atoms. The maximum atomic E-state index is 2.42. The van der Waals surface area contributed by atoms with Gasteiger partial charge < -0.3 is 13.7 Å². The molecule has 0 aliphatic heterocycles. The quantitative estimate of drug-likeness (QED) is 0.176. The molecule has 0 unspecified atom stereocenters. The zero-order valence-electron chi connectivity index (χ0n) is 29.6. The molecule has 0 aliphatic rings. The van der Waals surface area contributed by atoms with Gasteiger partial charge in [-0.05, 0) is 110 Å². The van der Waals surface area contributed by atoms with Gasteiger partial charge in [0.05, 0.1) is 33.1 Å². The molecule has 250 valence electrons. The summed E-state index contributed by atoms with van der Waals surface area (Å²) in [7, 11) is 0. The van der Waals surface area contributed by atoms with Crippen molar-refractivity contribution in [2.75, 3.05) is 0 Å². The molecule has 0 saturated carbocycles. The summed E-state index contributed by atoms with van der Waals surface area (Å²) < 4.78 is 7.21. The van der Waals surface area contributed by atoms with E-state index in [0.717, 1.165) is 11.4 Å². The highest BCUT2D eigenvalue weighted by Gasteiger charge is 2.17. The van der Waals surface area contributed by atoms with E-state index in [-0.39, 0.29) is 0 Å². The normalized spacial score (nSPS) is 12.0. The second kappa shape index (κ2) is 11.3. The van der Waals surface area contributed by atoms with E-state index in [1.807, 2.05) is 0 Å². The van der Waals surface area contributed by atoms with Crippen LogP contribution in [0.25, 0.3) is 93.6 Å². The SMILES string of the molecule is Cc1ccc2c(c1)c1cc(C)ccc1n2-c1ccc(-c2ccc3c(c2)c2ccccc2n3-c2cccc(-n3c4ccccc4c4ccccc43)c2)cc1. The summed E-state index contributed by atoms with van der Waals surface area (Å²) in [6, 6.07) is 64.7. The van der Waals surface area contributed by atoms with Gasteiger partial charge in [0.25, 0.3) is 0 Å². The van der Waals surface area contributed by atoms with Crippen LogP contribution in [0.2, 0.25) is 0 Å². The zero-order chi connectivity index (χ0) is 35.2. The maximum absolute atomic E-state index is 2.42. The summed E-state index contributed by atoms with van der Waals surface area (Å²) in [5, 5.41) is 7.64. The fourth-order valence-corrected chi connectivity index (χ4v) is 8.73. The zero-order valence-corrected chi connectivity index (χ0v) is 29.6. The van der Waals surface area contributed by atoms with Crippen LogP contribution in [0.5, 0.6) is 0 Å². The standard InChI is InChI=1S/C50H35N3/c1-32-18-25-48-42(28-32)43-29-33(2)19-26-49(43)51(48)36-23-20-34(21-24-36)35-22-27-50-44(30-35)41-14-5-8-17-47(41)53(50)38-11-9-10-37(31-38)52-45-15-6-3-12-39(45)40-13-4-7-16-46(40)52/h3-31H,1-2H3. The van der Waals surface area contributed by atoms with E-state index in [4.69, 9.17) is 0 Å². The van der Waals surface area contributed by atoms with Crippen molar-refractivity contribution in [3.8, 4) is 28.2 Å². The molecule has 0 fully saturated rings. The van der Waals surface area contributed by atoms with Crippen molar-refractivity contribution >= 4 is 65.4 Å². The monoisotopic (exact) mass is 677 g/mol. The number of fused-ring (bicyclic) bond motifs is 9. The van der Waals surface area contributed by atoms with Crippen molar-refractivity contribution < 1.29 is 0 Å². The van der Waals surface area contributed by atoms with Crippen LogP contribution in [0.4, 0.5) is 0 Å². The van der Waals surface area contributed by atoms with Crippen molar-refractivity contribution in [2.45, 2.75) is 13.8 Å². The van der Waals surface area contributed by atoms with Crippen LogP contribution in [-0.2, 0) is 0 Å². The molecule has 0 aliphatic carbocycles. The molecular weight excluding hydrogens is 643 g/mol. The minimum atomic E-state index is 1.14. The molecule has 3 nitrogen and oxygen atoms in total. The van der Waals surface area contributed by atoms with Gasteiger partial charge in [-0.15, -0.1) is 0 Å². The molecular formula is C50H35N3. The topological polar surface area (TPSA) is 14.8 Å². The van der Waals surface area contributed by atoms with Crippen molar-refractivity contribution in [1.82, 2.24) is 13.7 Å². The summed E-state index contributed by atoms with van der Waals surface area (Å²) in [6.45, 7) is 4.34. The Morgan fingerprint density at radius 1 is 0.264 bits per heavy atom. The predicted octanol–water partition coefficient (Wildman–Crippen LogP) is 13.3. The van der Waals surface area contributed by atoms with Gasteiger partial charge in [0, 0.05) is 49.4 Å². The lowest BCUT2D eigenvalue weighted by molar-refractivity contribution is 1.13. The first-order chi connectivity index (χ1) is 26.1. The minimum absolute atomic E-state index is 1.14. The molecule has 53 heavy (non-hydrogen) atoms. The van der Waals surface area contributed by atoms with Gasteiger partial charge in [-0.2, -0.15) is 0 Å². The van der Waals surface area contributed by atoms with Crippen LogP contribution in [0, 0.1) is 13.8 Å². The number of aryl methyl sites for hydroxylation is 2. The number of para-hydroxylation sites is 3. The van der Waals surface area contributed by atoms with Gasteiger partial charge >= 0.3 is 0 Å². The van der Waals surface area contributed by atoms with Crippen LogP contribution in [-0.4, -0.2) is 13.7 Å². The van der Waals surface area contributed by atoms with Gasteiger partial charge in [-0.1, -0.05) is 102 Å². The summed E-state index contributed by atoms with van der Waals surface area (Å²) in [6.07, 6.45) is 0. The Hall–Kier alpha value is -6.84. The van der Waals surface area contributed by atoms with Gasteiger partial charge in [0.2, 0.25) is 0 Å². The first-order valence-corrected chi connectivity index (χ1v) is 18.4. The average Bonchev–Trinajstić information content (AvgIpc) is 3.83. The number of rotatable bonds is 4. The third-order valence-electron chi connectivity index (χ3n) is 11.1. The number of hydrogen-bond acceptors (Lipinski definition) is 0. The second-order valence-corrected chi connectivity index (χ2v) is 14.4. The number of hydrogen-bond donors (Lipinski definition) is 0. The third kappa shape index (κ3) is 4.47. The van der Waals surface area contributed by atoms with Crippen LogP contribution < -0.4 is 0 Å². The van der Waals surface area contributed by atoms with E-state index in [1.54, 1.807) is 0 Å². The van der Waals surface area contributed by atoms with E-state index in [2.05, 4.69) is 203 Å². The molecule has 3 heterocycles. The Kier molecular flexibility index (Phi) is 6.38. The number of benzene rings is 8. The Morgan fingerprint density at radius 3 is 1.19 bits per heavy atom. The third-order valence-corrected chi connectivity index (χ3v) is 11.1. The summed E-state index contributed by atoms with van der Waals surface area (Å²) in [5.41, 5.74) is 15.7. The first-order valence-electron chi connectivity index (χ1n) is 18.4. The molecule has 0 bridgehead atoms. The smallest absolute Gasteiger partial charge is 0.0541 e. The van der Waals surface area contributed by atoms with Crippen molar-refractivity contribution in [1.29, 1.82) is 0 Å². The van der Waals surface area contributed by atoms with Gasteiger partial charge in [-0.3, -0.25) is 0 Å². The predicted molar refractivity (Wildman–Crippen MR) is 224 cm³/mol. The maximum Gasteiger partial charge on any atom is 0.0541 e. The van der Waals surface area contributed by atoms with Gasteiger partial charge in [0.1, 0.15) is 0 Å². The Balaban J connectivity index is 1.03. The Morgan fingerprint density at radius 2 is 0.660 bits per heavy atom. The lowest BCUT2D eigenvalue weighted by atomic mass is 10.0. The van der Waals surface area contributed by atoms with Crippen LogP contribution in [0.3, 0.4) is 0 Å². The molecule has 3 heteroatoms.